The Morgan fingerprint density at radius 1 is 1.43 bits per heavy atom. The molecule has 0 radical (unpaired) electrons. The number of nitrogens with one attached hydrogen (secondary N) is 1. The SMILES string of the molecule is CCC1CCN(C(=O)c2cc(C(C)=O)c[nH]2)C(C(=O)O)C1. The van der Waals surface area contributed by atoms with E-state index in [0.29, 0.717) is 24.4 Å². The van der Waals surface area contributed by atoms with Crippen LogP contribution in [0.15, 0.2) is 12.3 Å². The van der Waals surface area contributed by atoms with Gasteiger partial charge in [-0.3, -0.25) is 9.59 Å². The van der Waals surface area contributed by atoms with Crippen molar-refractivity contribution in [3.8, 4) is 0 Å². The van der Waals surface area contributed by atoms with Gasteiger partial charge in [-0.05, 0) is 31.7 Å². The number of piperidine rings is 1. The number of rotatable bonds is 4. The number of carbonyl (C=O) groups excluding carboxylic acids is 2. The molecule has 6 heteroatoms. The van der Waals surface area contributed by atoms with Gasteiger partial charge in [-0.15, -0.1) is 0 Å². The van der Waals surface area contributed by atoms with E-state index < -0.39 is 12.0 Å². The van der Waals surface area contributed by atoms with Gasteiger partial charge in [0.15, 0.2) is 5.78 Å². The summed E-state index contributed by atoms with van der Waals surface area (Å²) in [7, 11) is 0. The minimum absolute atomic E-state index is 0.134. The van der Waals surface area contributed by atoms with Crippen molar-refractivity contribution in [1.82, 2.24) is 9.88 Å². The average molecular weight is 292 g/mol. The Balaban J connectivity index is 2.19. The van der Waals surface area contributed by atoms with Crippen molar-refractivity contribution < 1.29 is 19.5 Å². The molecule has 1 saturated heterocycles. The van der Waals surface area contributed by atoms with Crippen LogP contribution >= 0.6 is 0 Å². The maximum atomic E-state index is 12.5. The molecule has 0 aliphatic carbocycles. The number of carboxylic acid groups (broad SMARTS) is 1. The van der Waals surface area contributed by atoms with Crippen LogP contribution in [0.1, 0.15) is 54.0 Å². The van der Waals surface area contributed by atoms with Gasteiger partial charge in [-0.25, -0.2) is 4.79 Å². The first-order valence-electron chi connectivity index (χ1n) is 7.17. The van der Waals surface area contributed by atoms with Crippen LogP contribution in [0.4, 0.5) is 0 Å². The Labute approximate surface area is 123 Å². The fraction of sp³-hybridized carbons (Fsp3) is 0.533. The molecule has 0 bridgehead atoms. The zero-order chi connectivity index (χ0) is 15.6. The third-order valence-corrected chi connectivity index (χ3v) is 4.15. The van der Waals surface area contributed by atoms with E-state index >= 15 is 0 Å². The van der Waals surface area contributed by atoms with E-state index in [1.54, 1.807) is 0 Å². The monoisotopic (exact) mass is 292 g/mol. The quantitative estimate of drug-likeness (QED) is 0.830. The molecule has 1 aliphatic rings. The zero-order valence-electron chi connectivity index (χ0n) is 12.3. The van der Waals surface area contributed by atoms with Crippen LogP contribution < -0.4 is 0 Å². The Bertz CT molecular complexity index is 564. The summed E-state index contributed by atoms with van der Waals surface area (Å²) in [6.45, 7) is 3.89. The molecule has 2 unspecified atom stereocenters. The highest BCUT2D eigenvalue weighted by atomic mass is 16.4. The molecular weight excluding hydrogens is 272 g/mol. The van der Waals surface area contributed by atoms with Gasteiger partial charge < -0.3 is 15.0 Å². The first-order chi connectivity index (χ1) is 9.93. The van der Waals surface area contributed by atoms with Gasteiger partial charge in [0.1, 0.15) is 11.7 Å². The number of hydrogen-bond acceptors (Lipinski definition) is 3. The predicted octanol–water partition coefficient (Wildman–Crippen LogP) is 1.93. The topological polar surface area (TPSA) is 90.5 Å². The van der Waals surface area contributed by atoms with E-state index in [-0.39, 0.29) is 17.4 Å². The molecule has 1 aromatic rings. The van der Waals surface area contributed by atoms with E-state index in [0.717, 1.165) is 12.8 Å². The lowest BCUT2D eigenvalue weighted by Crippen LogP contribution is -2.50. The van der Waals surface area contributed by atoms with Gasteiger partial charge >= 0.3 is 5.97 Å². The highest BCUT2D eigenvalue weighted by Gasteiger charge is 2.36. The Hall–Kier alpha value is -2.11. The molecule has 21 heavy (non-hydrogen) atoms. The number of carbonyl (C=O) groups is 3. The lowest BCUT2D eigenvalue weighted by atomic mass is 9.88. The molecule has 0 spiro atoms. The lowest BCUT2D eigenvalue weighted by Gasteiger charge is -2.36. The van der Waals surface area contributed by atoms with Gasteiger partial charge in [0.2, 0.25) is 0 Å². The van der Waals surface area contributed by atoms with Crippen molar-refractivity contribution in [3.05, 3.63) is 23.5 Å². The average Bonchev–Trinajstić information content (AvgIpc) is 2.95. The smallest absolute Gasteiger partial charge is 0.326 e. The van der Waals surface area contributed by atoms with Gasteiger partial charge in [-0.2, -0.15) is 0 Å². The minimum Gasteiger partial charge on any atom is -0.480 e. The molecule has 1 fully saturated rings. The highest BCUT2D eigenvalue weighted by molar-refractivity contribution is 6.00. The third kappa shape index (κ3) is 3.15. The standard InChI is InChI=1S/C15H20N2O4/c1-3-10-4-5-17(13(6-10)15(20)21)14(19)12-7-11(8-16-12)9(2)18/h7-8,10,13,16H,3-6H2,1-2H3,(H,20,21). The number of carboxylic acids is 1. The van der Waals surface area contributed by atoms with Crippen molar-refractivity contribution in [2.45, 2.75) is 39.2 Å². The number of H-pyrrole nitrogens is 1. The molecule has 1 aliphatic heterocycles. The van der Waals surface area contributed by atoms with E-state index in [2.05, 4.69) is 4.98 Å². The van der Waals surface area contributed by atoms with Crippen LogP contribution in [0.2, 0.25) is 0 Å². The van der Waals surface area contributed by atoms with Crippen molar-refractivity contribution in [2.24, 2.45) is 5.92 Å². The van der Waals surface area contributed by atoms with Crippen LogP contribution in [0.3, 0.4) is 0 Å². The second kappa shape index (κ2) is 6.11. The number of hydrogen-bond donors (Lipinski definition) is 2. The summed E-state index contributed by atoms with van der Waals surface area (Å²) < 4.78 is 0. The molecule has 2 atom stereocenters. The number of nitrogens with zero attached hydrogens (tertiary/aromatic N) is 1. The normalized spacial score (nSPS) is 22.1. The molecule has 2 rings (SSSR count). The second-order valence-corrected chi connectivity index (χ2v) is 5.51. The van der Waals surface area contributed by atoms with Crippen molar-refractivity contribution >= 4 is 17.7 Å². The molecule has 0 aromatic carbocycles. The number of likely N-dealkylation sites (tertiary alicyclic amines) is 1. The third-order valence-electron chi connectivity index (χ3n) is 4.15. The molecule has 2 N–H and O–H groups in total. The van der Waals surface area contributed by atoms with Crippen molar-refractivity contribution in [2.75, 3.05) is 6.54 Å². The summed E-state index contributed by atoms with van der Waals surface area (Å²) >= 11 is 0. The van der Waals surface area contributed by atoms with E-state index in [1.165, 1.54) is 24.1 Å². The van der Waals surface area contributed by atoms with Crippen LogP contribution in [0, 0.1) is 5.92 Å². The first-order valence-corrected chi connectivity index (χ1v) is 7.17. The first kappa shape index (κ1) is 15.3. The number of ketones is 1. The fourth-order valence-electron chi connectivity index (χ4n) is 2.76. The summed E-state index contributed by atoms with van der Waals surface area (Å²) in [5.74, 6) is -1.12. The predicted molar refractivity (Wildman–Crippen MR) is 76.3 cm³/mol. The number of aromatic nitrogens is 1. The number of amides is 1. The van der Waals surface area contributed by atoms with Crippen LogP contribution in [0.25, 0.3) is 0 Å². The number of aliphatic carboxylic acids is 1. The second-order valence-electron chi connectivity index (χ2n) is 5.51. The largest absolute Gasteiger partial charge is 0.480 e. The van der Waals surface area contributed by atoms with Gasteiger partial charge in [0.25, 0.3) is 5.91 Å². The Morgan fingerprint density at radius 2 is 2.14 bits per heavy atom. The maximum absolute atomic E-state index is 12.5. The number of aromatic amines is 1. The molecule has 2 heterocycles. The summed E-state index contributed by atoms with van der Waals surface area (Å²) in [4.78, 5) is 39.3. The van der Waals surface area contributed by atoms with Crippen molar-refractivity contribution in [3.63, 3.8) is 0 Å². The maximum Gasteiger partial charge on any atom is 0.326 e. The minimum atomic E-state index is -0.972. The zero-order valence-corrected chi connectivity index (χ0v) is 12.3. The summed E-state index contributed by atoms with van der Waals surface area (Å²) in [5, 5.41) is 9.35. The van der Waals surface area contributed by atoms with Crippen LogP contribution in [-0.4, -0.2) is 45.2 Å². The molecule has 0 saturated carbocycles. The number of Topliss-reactive ketones (excluding diaryl/α,β-unsaturated/α-hetero) is 1. The molecule has 114 valence electrons. The summed E-state index contributed by atoms with van der Waals surface area (Å²) in [5.41, 5.74) is 0.690. The van der Waals surface area contributed by atoms with Gasteiger partial charge in [0.05, 0.1) is 0 Å². The lowest BCUT2D eigenvalue weighted by molar-refractivity contribution is -0.144. The Kier molecular flexibility index (Phi) is 4.45. The molecular formula is C15H20N2O4. The van der Waals surface area contributed by atoms with Gasteiger partial charge in [-0.1, -0.05) is 13.3 Å². The van der Waals surface area contributed by atoms with Crippen LogP contribution in [0.5, 0.6) is 0 Å². The van der Waals surface area contributed by atoms with E-state index in [9.17, 15) is 19.5 Å². The van der Waals surface area contributed by atoms with Gasteiger partial charge in [0, 0.05) is 18.3 Å². The van der Waals surface area contributed by atoms with Crippen LogP contribution in [-0.2, 0) is 4.79 Å². The summed E-state index contributed by atoms with van der Waals surface area (Å²) in [6, 6.07) is 0.690. The van der Waals surface area contributed by atoms with E-state index in [4.69, 9.17) is 0 Å². The molecule has 1 aromatic heterocycles. The Morgan fingerprint density at radius 3 is 2.67 bits per heavy atom. The highest BCUT2D eigenvalue weighted by Crippen LogP contribution is 2.26. The van der Waals surface area contributed by atoms with E-state index in [1.807, 2.05) is 6.92 Å². The summed E-state index contributed by atoms with van der Waals surface area (Å²) in [6.07, 6.45) is 3.69. The van der Waals surface area contributed by atoms with Crippen molar-refractivity contribution in [1.29, 1.82) is 0 Å². The molecule has 1 amide bonds. The molecule has 6 nitrogen and oxygen atoms in total. The fourth-order valence-corrected chi connectivity index (χ4v) is 2.76.